The number of rotatable bonds is 5. The molecule has 5 heteroatoms. The van der Waals surface area contributed by atoms with E-state index in [1.165, 1.54) is 69.0 Å². The third-order valence-corrected chi connectivity index (χ3v) is 8.42. The van der Waals surface area contributed by atoms with Crippen LogP contribution in [-0.4, -0.2) is 41.6 Å². The van der Waals surface area contributed by atoms with Crippen molar-refractivity contribution in [3.05, 3.63) is 29.8 Å². The van der Waals surface area contributed by atoms with Gasteiger partial charge in [0.1, 0.15) is 11.7 Å². The summed E-state index contributed by atoms with van der Waals surface area (Å²) in [5.74, 6) is 0.271. The van der Waals surface area contributed by atoms with Crippen molar-refractivity contribution in [2.24, 2.45) is 0 Å². The number of aryl methyl sites for hydroxylation is 1. The number of benzene rings is 1. The Morgan fingerprint density at radius 3 is 2.18 bits per heavy atom. The molecule has 4 nitrogen and oxygen atoms in total. The highest BCUT2D eigenvalue weighted by Gasteiger charge is 2.54. The first-order valence-electron chi connectivity index (χ1n) is 13.6. The van der Waals surface area contributed by atoms with E-state index < -0.39 is 0 Å². The molecule has 2 aliphatic heterocycles. The minimum Gasteiger partial charge on any atom is -0.336 e. The Bertz CT molecular complexity index is 736. The maximum absolute atomic E-state index is 13.5. The Morgan fingerprint density at radius 2 is 1.58 bits per heavy atom. The van der Waals surface area contributed by atoms with Crippen LogP contribution in [0.15, 0.2) is 24.3 Å². The van der Waals surface area contributed by atoms with Gasteiger partial charge in [-0.2, -0.15) is 0 Å². The molecule has 0 unspecified atom stereocenters. The number of nitrogens with one attached hydrogen (secondary N) is 1. The molecular weight excluding hydrogens is 430 g/mol. The molecular formula is C28H46ClN3O. The number of unbranched alkanes of at least 4 members (excludes halogenated alkanes) is 1. The van der Waals surface area contributed by atoms with Crippen molar-refractivity contribution < 1.29 is 4.79 Å². The van der Waals surface area contributed by atoms with Crippen molar-refractivity contribution in [3.8, 4) is 0 Å². The molecule has 0 aromatic heterocycles. The summed E-state index contributed by atoms with van der Waals surface area (Å²) in [6.45, 7) is 6.54. The van der Waals surface area contributed by atoms with Crippen LogP contribution < -0.4 is 10.2 Å². The Labute approximate surface area is 208 Å². The number of likely N-dealkylation sites (tertiary alicyclic amines) is 1. The van der Waals surface area contributed by atoms with Crippen LogP contribution in [0, 0.1) is 6.92 Å². The molecule has 1 aromatic rings. The van der Waals surface area contributed by atoms with Crippen LogP contribution in [0.5, 0.6) is 0 Å². The van der Waals surface area contributed by atoms with E-state index in [1.54, 1.807) is 0 Å². The molecule has 0 bridgehead atoms. The molecule has 3 aliphatic rings. The number of hydrogen-bond acceptors (Lipinski definition) is 3. The third kappa shape index (κ3) is 5.88. The van der Waals surface area contributed by atoms with Gasteiger partial charge >= 0.3 is 0 Å². The van der Waals surface area contributed by atoms with E-state index in [4.69, 9.17) is 0 Å². The molecule has 1 aliphatic carbocycles. The Kier molecular flexibility index (Phi) is 9.94. The van der Waals surface area contributed by atoms with E-state index in [1.807, 2.05) is 0 Å². The van der Waals surface area contributed by atoms with Crippen LogP contribution >= 0.6 is 12.4 Å². The topological polar surface area (TPSA) is 35.6 Å². The van der Waals surface area contributed by atoms with Crippen molar-refractivity contribution in [1.29, 1.82) is 0 Å². The van der Waals surface area contributed by atoms with Gasteiger partial charge < -0.3 is 15.1 Å². The molecule has 4 rings (SSSR count). The summed E-state index contributed by atoms with van der Waals surface area (Å²) in [5.41, 5.74) is 2.15. The molecule has 1 aromatic carbocycles. The van der Waals surface area contributed by atoms with Gasteiger partial charge in [0.05, 0.1) is 0 Å². The first-order valence-corrected chi connectivity index (χ1v) is 13.6. The van der Waals surface area contributed by atoms with Gasteiger partial charge in [-0.25, -0.2) is 0 Å². The molecule has 0 radical (unpaired) electrons. The average Bonchev–Trinajstić information content (AvgIpc) is 3.07. The van der Waals surface area contributed by atoms with Gasteiger partial charge in [0.2, 0.25) is 5.91 Å². The second kappa shape index (κ2) is 12.4. The SMILES string of the molecule is CCCC[C@@H]1NC(=O)C2(CCN(C3CCCCCCCCC3)CC2)N1c1ccccc1C.Cl. The maximum atomic E-state index is 13.5. The monoisotopic (exact) mass is 475 g/mol. The van der Waals surface area contributed by atoms with Gasteiger partial charge in [0.25, 0.3) is 0 Å². The Morgan fingerprint density at radius 1 is 0.970 bits per heavy atom. The summed E-state index contributed by atoms with van der Waals surface area (Å²) in [6.07, 6.45) is 17.9. The lowest BCUT2D eigenvalue weighted by atomic mass is 9.83. The lowest BCUT2D eigenvalue weighted by molar-refractivity contribution is -0.125. The van der Waals surface area contributed by atoms with Gasteiger partial charge in [-0.3, -0.25) is 4.79 Å². The zero-order valence-electron chi connectivity index (χ0n) is 21.0. The Hall–Kier alpha value is -1.26. The molecule has 1 N–H and O–H groups in total. The van der Waals surface area contributed by atoms with Gasteiger partial charge in [-0.05, 0) is 57.1 Å². The number of nitrogens with zero attached hydrogens (tertiary/aromatic N) is 2. The molecule has 2 heterocycles. The molecule has 1 amide bonds. The van der Waals surface area contributed by atoms with Crippen LogP contribution in [0.3, 0.4) is 0 Å². The van der Waals surface area contributed by atoms with Crippen molar-refractivity contribution >= 4 is 24.0 Å². The van der Waals surface area contributed by atoms with Gasteiger partial charge in [-0.15, -0.1) is 12.4 Å². The quantitative estimate of drug-likeness (QED) is 0.521. The first-order chi connectivity index (χ1) is 15.7. The molecule has 1 saturated carbocycles. The largest absolute Gasteiger partial charge is 0.336 e. The zero-order chi connectivity index (χ0) is 22.4. The summed E-state index contributed by atoms with van der Waals surface area (Å²) in [6, 6.07) is 9.38. The summed E-state index contributed by atoms with van der Waals surface area (Å²) < 4.78 is 0. The van der Waals surface area contributed by atoms with Gasteiger partial charge in [0.15, 0.2) is 0 Å². The standard InChI is InChI=1S/C28H45N3O.ClH/c1-3-4-18-26-29-27(32)28(31(26)25-17-13-12-14-23(25)2)19-21-30(22-20-28)24-15-10-8-6-5-7-9-11-16-24;/h12-14,17,24,26H,3-11,15-16,18-22H2,1-2H3,(H,29,32);1H/t26-;/m1./s1. The number of hydrogen-bond donors (Lipinski definition) is 1. The van der Waals surface area contributed by atoms with E-state index in [0.717, 1.165) is 51.2 Å². The summed E-state index contributed by atoms with van der Waals surface area (Å²) in [7, 11) is 0. The van der Waals surface area contributed by atoms with Gasteiger partial charge in [0, 0.05) is 24.8 Å². The predicted octanol–water partition coefficient (Wildman–Crippen LogP) is 6.60. The zero-order valence-corrected chi connectivity index (χ0v) is 21.8. The van der Waals surface area contributed by atoms with E-state index in [0.29, 0.717) is 0 Å². The van der Waals surface area contributed by atoms with Crippen LogP contribution in [0.1, 0.15) is 102 Å². The minimum atomic E-state index is -0.378. The summed E-state index contributed by atoms with van der Waals surface area (Å²) in [4.78, 5) is 18.8. The predicted molar refractivity (Wildman–Crippen MR) is 141 cm³/mol. The number of halogens is 1. The van der Waals surface area contributed by atoms with Crippen molar-refractivity contribution in [2.75, 3.05) is 18.0 Å². The van der Waals surface area contributed by atoms with E-state index >= 15 is 0 Å². The Balaban J connectivity index is 0.00000306. The maximum Gasteiger partial charge on any atom is 0.247 e. The van der Waals surface area contributed by atoms with Crippen molar-refractivity contribution in [1.82, 2.24) is 10.2 Å². The minimum absolute atomic E-state index is 0. The number of carbonyl (C=O) groups excluding carboxylic acids is 1. The second-order valence-electron chi connectivity index (χ2n) is 10.6. The molecule has 1 spiro atoms. The molecule has 33 heavy (non-hydrogen) atoms. The van der Waals surface area contributed by atoms with E-state index in [2.05, 4.69) is 53.2 Å². The lowest BCUT2D eigenvalue weighted by Crippen LogP contribution is -2.58. The average molecular weight is 476 g/mol. The number of amides is 1. The fourth-order valence-electron chi connectivity index (χ4n) is 6.47. The first kappa shape index (κ1) is 26.3. The number of anilines is 1. The molecule has 186 valence electrons. The molecule has 2 saturated heterocycles. The van der Waals surface area contributed by atoms with Crippen LogP contribution in [0.2, 0.25) is 0 Å². The fraction of sp³-hybridized carbons (Fsp3) is 0.750. The second-order valence-corrected chi connectivity index (χ2v) is 10.6. The van der Waals surface area contributed by atoms with E-state index in [9.17, 15) is 4.79 Å². The van der Waals surface area contributed by atoms with Crippen LogP contribution in [0.25, 0.3) is 0 Å². The summed E-state index contributed by atoms with van der Waals surface area (Å²) >= 11 is 0. The third-order valence-electron chi connectivity index (χ3n) is 8.42. The van der Waals surface area contributed by atoms with Crippen molar-refractivity contribution in [3.63, 3.8) is 0 Å². The van der Waals surface area contributed by atoms with Gasteiger partial charge in [-0.1, -0.05) is 76.5 Å². The molecule has 1 atom stereocenters. The number of para-hydroxylation sites is 1. The lowest BCUT2D eigenvalue weighted by Gasteiger charge is -2.47. The number of carbonyl (C=O) groups is 1. The highest BCUT2D eigenvalue weighted by Crippen LogP contribution is 2.41. The molecule has 3 fully saturated rings. The van der Waals surface area contributed by atoms with Crippen LogP contribution in [-0.2, 0) is 4.79 Å². The number of piperidine rings is 1. The highest BCUT2D eigenvalue weighted by molar-refractivity contribution is 5.94. The van der Waals surface area contributed by atoms with Crippen molar-refractivity contribution in [2.45, 2.75) is 121 Å². The summed E-state index contributed by atoms with van der Waals surface area (Å²) in [5, 5.41) is 3.42. The normalized spacial score (nSPS) is 25.0. The fourth-order valence-corrected chi connectivity index (χ4v) is 6.47. The smallest absolute Gasteiger partial charge is 0.247 e. The van der Waals surface area contributed by atoms with Crippen LogP contribution in [0.4, 0.5) is 5.69 Å². The van der Waals surface area contributed by atoms with E-state index in [-0.39, 0.29) is 30.0 Å². The highest BCUT2D eigenvalue weighted by atomic mass is 35.5.